The molecule has 0 N–H and O–H groups in total. The minimum atomic E-state index is 0.0280. The smallest absolute Gasteiger partial charge is 0.247 e. The van der Waals surface area contributed by atoms with Crippen molar-refractivity contribution in [1.29, 1.82) is 0 Å². The lowest BCUT2D eigenvalue weighted by Crippen LogP contribution is -2.37. The van der Waals surface area contributed by atoms with Gasteiger partial charge in [0.25, 0.3) is 0 Å². The maximum Gasteiger partial charge on any atom is 0.247 e. The number of hydrogen-bond donors (Lipinski definition) is 0. The number of aromatic nitrogens is 3. The van der Waals surface area contributed by atoms with Gasteiger partial charge in [0.05, 0.1) is 13.2 Å². The third-order valence-corrected chi connectivity index (χ3v) is 4.59. The van der Waals surface area contributed by atoms with E-state index in [0.717, 1.165) is 23.7 Å². The van der Waals surface area contributed by atoms with Gasteiger partial charge < -0.3 is 9.15 Å². The van der Waals surface area contributed by atoms with E-state index < -0.39 is 0 Å². The Kier molecular flexibility index (Phi) is 4.14. The third kappa shape index (κ3) is 3.31. The maximum absolute atomic E-state index is 5.80. The van der Waals surface area contributed by atoms with Gasteiger partial charge in [-0.05, 0) is 12.1 Å². The standard InChI is InChI=1S/C16H16N4O2S/c1-2-4-12(5-3-1)15-19-18-14(22-15)11-20-7-8-21-13(10-20)16-17-6-9-23-16/h1-6,9,13H,7-8,10-11H2/t13-/m1/s1. The van der Waals surface area contributed by atoms with E-state index in [4.69, 9.17) is 9.15 Å². The van der Waals surface area contributed by atoms with Crippen molar-refractivity contribution in [2.45, 2.75) is 12.6 Å². The zero-order chi connectivity index (χ0) is 15.5. The lowest BCUT2D eigenvalue weighted by Gasteiger charge is -2.30. The molecule has 0 amide bonds. The molecule has 1 aliphatic heterocycles. The first-order chi connectivity index (χ1) is 11.4. The number of nitrogens with zero attached hydrogens (tertiary/aromatic N) is 4. The molecule has 0 radical (unpaired) electrons. The highest BCUT2D eigenvalue weighted by Crippen LogP contribution is 2.25. The van der Waals surface area contributed by atoms with Crippen LogP contribution >= 0.6 is 11.3 Å². The van der Waals surface area contributed by atoms with Gasteiger partial charge in [-0.25, -0.2) is 4.98 Å². The predicted molar refractivity (Wildman–Crippen MR) is 85.8 cm³/mol. The molecule has 0 unspecified atom stereocenters. The summed E-state index contributed by atoms with van der Waals surface area (Å²) in [7, 11) is 0. The molecule has 1 saturated heterocycles. The predicted octanol–water partition coefficient (Wildman–Crippen LogP) is 2.77. The average molecular weight is 328 g/mol. The zero-order valence-electron chi connectivity index (χ0n) is 12.5. The summed E-state index contributed by atoms with van der Waals surface area (Å²) in [6, 6.07) is 9.81. The van der Waals surface area contributed by atoms with Crippen molar-refractivity contribution < 1.29 is 9.15 Å². The summed E-state index contributed by atoms with van der Waals surface area (Å²) in [6.45, 7) is 2.95. The third-order valence-electron chi connectivity index (χ3n) is 3.72. The molecular weight excluding hydrogens is 312 g/mol. The Balaban J connectivity index is 1.43. The average Bonchev–Trinajstić information content (AvgIpc) is 3.28. The Morgan fingerprint density at radius 1 is 1.22 bits per heavy atom. The Bertz CT molecular complexity index is 745. The SMILES string of the molecule is c1ccc(-c2nnc(CN3CCO[C@@H](c4nccs4)C3)o2)cc1. The first-order valence-electron chi connectivity index (χ1n) is 7.49. The molecule has 3 heterocycles. The summed E-state index contributed by atoms with van der Waals surface area (Å²) in [5.74, 6) is 1.19. The Morgan fingerprint density at radius 2 is 2.13 bits per heavy atom. The lowest BCUT2D eigenvalue weighted by molar-refractivity contribution is -0.0352. The van der Waals surface area contributed by atoms with E-state index >= 15 is 0 Å². The topological polar surface area (TPSA) is 64.3 Å². The molecule has 4 rings (SSSR count). The number of benzene rings is 1. The van der Waals surface area contributed by atoms with Crippen LogP contribution in [0.4, 0.5) is 0 Å². The Hall–Kier alpha value is -2.09. The highest BCUT2D eigenvalue weighted by molar-refractivity contribution is 7.09. The number of morpholine rings is 1. The van der Waals surface area contributed by atoms with Crippen LogP contribution in [-0.4, -0.2) is 39.8 Å². The van der Waals surface area contributed by atoms with Gasteiger partial charge in [-0.1, -0.05) is 18.2 Å². The molecule has 1 aromatic carbocycles. The highest BCUT2D eigenvalue weighted by Gasteiger charge is 2.25. The van der Waals surface area contributed by atoms with E-state index in [1.165, 1.54) is 0 Å². The number of hydrogen-bond acceptors (Lipinski definition) is 7. The summed E-state index contributed by atoms with van der Waals surface area (Å²) in [6.07, 6.45) is 1.84. The molecule has 0 aliphatic carbocycles. The van der Waals surface area contributed by atoms with Crippen LogP contribution < -0.4 is 0 Å². The Morgan fingerprint density at radius 3 is 2.96 bits per heavy atom. The van der Waals surface area contributed by atoms with Crippen LogP contribution in [0.25, 0.3) is 11.5 Å². The van der Waals surface area contributed by atoms with Gasteiger partial charge in [-0.2, -0.15) is 0 Å². The number of ether oxygens (including phenoxy) is 1. The minimum Gasteiger partial charge on any atom is -0.419 e. The molecule has 1 fully saturated rings. The molecule has 118 valence electrons. The van der Waals surface area contributed by atoms with Crippen molar-refractivity contribution in [3.05, 3.63) is 52.8 Å². The number of thiazole rings is 1. The van der Waals surface area contributed by atoms with Crippen LogP contribution in [-0.2, 0) is 11.3 Å². The van der Waals surface area contributed by atoms with Gasteiger partial charge in [0.15, 0.2) is 0 Å². The summed E-state index contributed by atoms with van der Waals surface area (Å²) in [4.78, 5) is 6.60. The molecule has 7 heteroatoms. The van der Waals surface area contributed by atoms with E-state index in [1.807, 2.05) is 41.9 Å². The second-order valence-electron chi connectivity index (χ2n) is 5.33. The molecule has 0 saturated carbocycles. The first kappa shape index (κ1) is 14.5. The van der Waals surface area contributed by atoms with Gasteiger partial charge in [0.1, 0.15) is 11.1 Å². The van der Waals surface area contributed by atoms with E-state index in [1.54, 1.807) is 11.3 Å². The van der Waals surface area contributed by atoms with Crippen molar-refractivity contribution in [2.75, 3.05) is 19.7 Å². The molecule has 0 bridgehead atoms. The van der Waals surface area contributed by atoms with E-state index in [9.17, 15) is 0 Å². The van der Waals surface area contributed by atoms with Crippen LogP contribution in [0, 0.1) is 0 Å². The molecule has 0 spiro atoms. The molecule has 2 aromatic heterocycles. The zero-order valence-corrected chi connectivity index (χ0v) is 13.3. The summed E-state index contributed by atoms with van der Waals surface area (Å²) < 4.78 is 11.6. The molecule has 1 atom stereocenters. The fourth-order valence-electron chi connectivity index (χ4n) is 2.60. The van der Waals surface area contributed by atoms with Gasteiger partial charge in [-0.3, -0.25) is 4.90 Å². The van der Waals surface area contributed by atoms with Gasteiger partial charge in [0, 0.05) is 30.2 Å². The number of rotatable bonds is 4. The van der Waals surface area contributed by atoms with Crippen LogP contribution in [0.15, 0.2) is 46.3 Å². The van der Waals surface area contributed by atoms with Gasteiger partial charge in [-0.15, -0.1) is 21.5 Å². The molecule has 6 nitrogen and oxygen atoms in total. The van der Waals surface area contributed by atoms with Crippen LogP contribution in [0.2, 0.25) is 0 Å². The van der Waals surface area contributed by atoms with E-state index in [-0.39, 0.29) is 6.10 Å². The van der Waals surface area contributed by atoms with E-state index in [0.29, 0.717) is 24.9 Å². The monoisotopic (exact) mass is 328 g/mol. The van der Waals surface area contributed by atoms with Crippen molar-refractivity contribution >= 4 is 11.3 Å². The lowest BCUT2D eigenvalue weighted by atomic mass is 10.2. The minimum absolute atomic E-state index is 0.0280. The second-order valence-corrected chi connectivity index (χ2v) is 6.26. The van der Waals surface area contributed by atoms with E-state index in [2.05, 4.69) is 20.1 Å². The quantitative estimate of drug-likeness (QED) is 0.734. The summed E-state index contributed by atoms with van der Waals surface area (Å²) in [5.41, 5.74) is 0.939. The highest BCUT2D eigenvalue weighted by atomic mass is 32.1. The summed E-state index contributed by atoms with van der Waals surface area (Å²) in [5, 5.41) is 11.3. The molecule has 3 aromatic rings. The molecule has 23 heavy (non-hydrogen) atoms. The van der Waals surface area contributed by atoms with Crippen molar-refractivity contribution in [1.82, 2.24) is 20.1 Å². The fourth-order valence-corrected chi connectivity index (χ4v) is 3.27. The summed E-state index contributed by atoms with van der Waals surface area (Å²) >= 11 is 1.62. The van der Waals surface area contributed by atoms with Crippen molar-refractivity contribution in [3.63, 3.8) is 0 Å². The Labute approximate surface area is 137 Å². The fraction of sp³-hybridized carbons (Fsp3) is 0.312. The largest absolute Gasteiger partial charge is 0.419 e. The normalized spacial score (nSPS) is 19.0. The second kappa shape index (κ2) is 6.57. The van der Waals surface area contributed by atoms with Crippen LogP contribution in [0.5, 0.6) is 0 Å². The van der Waals surface area contributed by atoms with Crippen LogP contribution in [0.1, 0.15) is 17.0 Å². The van der Waals surface area contributed by atoms with Crippen LogP contribution in [0.3, 0.4) is 0 Å². The maximum atomic E-state index is 5.80. The van der Waals surface area contributed by atoms with Crippen molar-refractivity contribution in [3.8, 4) is 11.5 Å². The van der Waals surface area contributed by atoms with Gasteiger partial charge in [0.2, 0.25) is 11.8 Å². The molecule has 1 aliphatic rings. The van der Waals surface area contributed by atoms with Gasteiger partial charge >= 0.3 is 0 Å². The van der Waals surface area contributed by atoms with Crippen molar-refractivity contribution in [2.24, 2.45) is 0 Å². The molecular formula is C16H16N4O2S. The first-order valence-corrected chi connectivity index (χ1v) is 8.37.